The molecule has 0 aromatic carbocycles. The van der Waals surface area contributed by atoms with Gasteiger partial charge in [-0.3, -0.25) is 24.2 Å². The normalized spacial score (nSPS) is 15.1. The van der Waals surface area contributed by atoms with Crippen LogP contribution in [0, 0.1) is 11.8 Å². The van der Waals surface area contributed by atoms with E-state index in [2.05, 4.69) is 20.9 Å². The molecule has 0 saturated heterocycles. The van der Waals surface area contributed by atoms with E-state index in [-0.39, 0.29) is 37.7 Å². The van der Waals surface area contributed by atoms with Crippen molar-refractivity contribution >= 4 is 35.6 Å². The summed E-state index contributed by atoms with van der Waals surface area (Å²) < 4.78 is 0. The van der Waals surface area contributed by atoms with Crippen LogP contribution >= 0.6 is 0 Å². The van der Waals surface area contributed by atoms with Crippen molar-refractivity contribution in [2.45, 2.75) is 84.0 Å². The zero-order valence-corrected chi connectivity index (χ0v) is 21.5. The molecule has 0 heterocycles. The maximum Gasteiger partial charge on any atom is 0.326 e. The lowest BCUT2D eigenvalue weighted by Crippen LogP contribution is -2.58. The third-order valence-electron chi connectivity index (χ3n) is 5.68. The third-order valence-corrected chi connectivity index (χ3v) is 5.68. The molecule has 5 atom stereocenters. The highest BCUT2D eigenvalue weighted by atomic mass is 16.4. The first-order valence-corrected chi connectivity index (χ1v) is 11.9. The summed E-state index contributed by atoms with van der Waals surface area (Å²) in [6, 6.07) is -4.40. The van der Waals surface area contributed by atoms with Crippen LogP contribution in [0.3, 0.4) is 0 Å². The van der Waals surface area contributed by atoms with Crippen LogP contribution < -0.4 is 38.9 Å². The zero-order chi connectivity index (χ0) is 28.0. The standard InChI is InChI=1S/C22H42N8O6/c1-5-12(4)16(24)19(33)28-13(8-9-15(23)31)18(32)30-17(11(2)3)20(34)29-14(21(35)36)7-6-10-27-22(25)26/h11-14,16-17H,5-10,24H2,1-4H3,(H2,23,31)(H,28,33)(H,29,34)(H,30,32)(H,35,36)(H4,25,26,27). The van der Waals surface area contributed by atoms with Gasteiger partial charge < -0.3 is 44.0 Å². The number of guanidine groups is 1. The van der Waals surface area contributed by atoms with Gasteiger partial charge in [0.25, 0.3) is 0 Å². The molecule has 0 saturated carbocycles. The predicted molar refractivity (Wildman–Crippen MR) is 134 cm³/mol. The molecule has 206 valence electrons. The van der Waals surface area contributed by atoms with Gasteiger partial charge in [-0.2, -0.15) is 0 Å². The van der Waals surface area contributed by atoms with E-state index in [9.17, 15) is 29.1 Å². The van der Waals surface area contributed by atoms with Gasteiger partial charge in [0.15, 0.2) is 5.96 Å². The lowest BCUT2D eigenvalue weighted by Gasteiger charge is -2.27. The number of carbonyl (C=O) groups excluding carboxylic acids is 4. The van der Waals surface area contributed by atoms with Crippen LogP contribution in [0.2, 0.25) is 0 Å². The summed E-state index contributed by atoms with van der Waals surface area (Å²) in [5, 5.41) is 17.0. The molecule has 36 heavy (non-hydrogen) atoms. The largest absolute Gasteiger partial charge is 0.480 e. The molecule has 0 aromatic rings. The van der Waals surface area contributed by atoms with E-state index in [1.165, 1.54) is 0 Å². The van der Waals surface area contributed by atoms with Gasteiger partial charge in [-0.15, -0.1) is 0 Å². The number of amides is 4. The van der Waals surface area contributed by atoms with E-state index < -0.39 is 59.7 Å². The van der Waals surface area contributed by atoms with Crippen LogP contribution in [0.15, 0.2) is 4.99 Å². The first-order valence-electron chi connectivity index (χ1n) is 11.9. The molecule has 14 heteroatoms. The highest BCUT2D eigenvalue weighted by Crippen LogP contribution is 2.09. The molecule has 12 N–H and O–H groups in total. The van der Waals surface area contributed by atoms with Crippen molar-refractivity contribution in [2.24, 2.45) is 39.8 Å². The van der Waals surface area contributed by atoms with Crippen molar-refractivity contribution in [1.29, 1.82) is 0 Å². The van der Waals surface area contributed by atoms with Gasteiger partial charge in [0.05, 0.1) is 6.04 Å². The average molecular weight is 515 g/mol. The number of hydrogen-bond donors (Lipinski definition) is 8. The highest BCUT2D eigenvalue weighted by molar-refractivity contribution is 5.94. The summed E-state index contributed by atoms with van der Waals surface area (Å²) in [5.41, 5.74) is 21.6. The van der Waals surface area contributed by atoms with Crippen LogP contribution in [0.1, 0.15) is 59.8 Å². The van der Waals surface area contributed by atoms with Crippen molar-refractivity contribution in [3.05, 3.63) is 0 Å². The molecule has 0 bridgehead atoms. The van der Waals surface area contributed by atoms with Crippen LogP contribution in [-0.2, 0) is 24.0 Å². The summed E-state index contributed by atoms with van der Waals surface area (Å²) in [6.07, 6.45) is 0.702. The van der Waals surface area contributed by atoms with E-state index >= 15 is 0 Å². The summed E-state index contributed by atoms with van der Waals surface area (Å²) in [4.78, 5) is 65.1. The van der Waals surface area contributed by atoms with Crippen LogP contribution in [0.5, 0.6) is 0 Å². The Morgan fingerprint density at radius 3 is 1.92 bits per heavy atom. The highest BCUT2D eigenvalue weighted by Gasteiger charge is 2.32. The molecule has 0 rings (SSSR count). The lowest BCUT2D eigenvalue weighted by molar-refractivity contribution is -0.142. The van der Waals surface area contributed by atoms with Gasteiger partial charge in [-0.1, -0.05) is 34.1 Å². The summed E-state index contributed by atoms with van der Waals surface area (Å²) >= 11 is 0. The molecule has 14 nitrogen and oxygen atoms in total. The van der Waals surface area contributed by atoms with Crippen LogP contribution in [-0.4, -0.2) is 71.4 Å². The number of carboxylic acid groups (broad SMARTS) is 1. The molecule has 0 aromatic heterocycles. The zero-order valence-electron chi connectivity index (χ0n) is 21.5. The molecule has 0 spiro atoms. The molecule has 0 radical (unpaired) electrons. The second kappa shape index (κ2) is 16.3. The Labute approximate surface area is 211 Å². The second-order valence-electron chi connectivity index (χ2n) is 9.06. The minimum absolute atomic E-state index is 0.0570. The summed E-state index contributed by atoms with van der Waals surface area (Å²) in [6.45, 7) is 7.17. The van der Waals surface area contributed by atoms with Gasteiger partial charge in [0.1, 0.15) is 18.1 Å². The number of carbonyl (C=O) groups is 5. The van der Waals surface area contributed by atoms with Crippen LogP contribution in [0.4, 0.5) is 0 Å². The average Bonchev–Trinajstić information content (AvgIpc) is 2.79. The number of hydrogen-bond acceptors (Lipinski definition) is 7. The van der Waals surface area contributed by atoms with Crippen molar-refractivity contribution in [3.8, 4) is 0 Å². The molecule has 4 amide bonds. The fourth-order valence-electron chi connectivity index (χ4n) is 3.15. The molecular formula is C22H42N8O6. The number of aliphatic imine (C=N–C) groups is 1. The Morgan fingerprint density at radius 2 is 1.44 bits per heavy atom. The third kappa shape index (κ3) is 12.3. The number of aliphatic carboxylic acids is 1. The Balaban J connectivity index is 5.47. The molecule has 5 unspecified atom stereocenters. The summed E-state index contributed by atoms with van der Waals surface area (Å²) in [7, 11) is 0. The van der Waals surface area contributed by atoms with E-state index in [0.717, 1.165) is 0 Å². The number of rotatable bonds is 17. The number of nitrogens with zero attached hydrogens (tertiary/aromatic N) is 1. The molecule has 0 aliphatic heterocycles. The van der Waals surface area contributed by atoms with Gasteiger partial charge in [-0.25, -0.2) is 4.79 Å². The Kier molecular flexibility index (Phi) is 14.7. The topological polar surface area (TPSA) is 258 Å². The summed E-state index contributed by atoms with van der Waals surface area (Å²) in [5.74, 6) is -4.66. The number of nitrogens with one attached hydrogen (secondary N) is 3. The van der Waals surface area contributed by atoms with Crippen molar-refractivity contribution in [3.63, 3.8) is 0 Å². The van der Waals surface area contributed by atoms with E-state index in [1.807, 2.05) is 6.92 Å². The van der Waals surface area contributed by atoms with Gasteiger partial charge >= 0.3 is 5.97 Å². The van der Waals surface area contributed by atoms with E-state index in [4.69, 9.17) is 22.9 Å². The molecule has 0 fully saturated rings. The predicted octanol–water partition coefficient (Wildman–Crippen LogP) is -2.13. The molecular weight excluding hydrogens is 472 g/mol. The molecule has 0 aliphatic carbocycles. The quantitative estimate of drug-likeness (QED) is 0.0598. The molecule has 0 aliphatic rings. The van der Waals surface area contributed by atoms with Crippen LogP contribution in [0.25, 0.3) is 0 Å². The first kappa shape index (κ1) is 32.6. The van der Waals surface area contributed by atoms with Crippen molar-refractivity contribution < 1.29 is 29.1 Å². The Morgan fingerprint density at radius 1 is 0.861 bits per heavy atom. The monoisotopic (exact) mass is 514 g/mol. The number of primary amides is 1. The Hall–Kier alpha value is -3.42. The maximum absolute atomic E-state index is 13.0. The number of nitrogens with two attached hydrogens (primary N) is 4. The number of carboxylic acids is 1. The second-order valence-corrected chi connectivity index (χ2v) is 9.06. The van der Waals surface area contributed by atoms with Gasteiger partial charge in [0, 0.05) is 13.0 Å². The fourth-order valence-corrected chi connectivity index (χ4v) is 3.15. The van der Waals surface area contributed by atoms with Gasteiger partial charge in [0.2, 0.25) is 23.6 Å². The fraction of sp³-hybridized carbons (Fsp3) is 0.727. The van der Waals surface area contributed by atoms with E-state index in [0.29, 0.717) is 12.8 Å². The smallest absolute Gasteiger partial charge is 0.326 e. The minimum Gasteiger partial charge on any atom is -0.480 e. The van der Waals surface area contributed by atoms with Crippen molar-refractivity contribution in [2.75, 3.05) is 6.54 Å². The SMILES string of the molecule is CCC(C)C(N)C(=O)NC(CCC(N)=O)C(=O)NC(C(=O)NC(CCCN=C(N)N)C(=O)O)C(C)C. The first-order chi connectivity index (χ1) is 16.7. The van der Waals surface area contributed by atoms with Gasteiger partial charge in [-0.05, 0) is 31.1 Å². The maximum atomic E-state index is 13.0. The Bertz CT molecular complexity index is 799. The minimum atomic E-state index is -1.26. The lowest BCUT2D eigenvalue weighted by atomic mass is 9.98. The van der Waals surface area contributed by atoms with E-state index in [1.54, 1.807) is 20.8 Å². The van der Waals surface area contributed by atoms with Crippen molar-refractivity contribution in [1.82, 2.24) is 16.0 Å².